The van der Waals surface area contributed by atoms with Crippen LogP contribution in [-0.4, -0.2) is 55.0 Å². The monoisotopic (exact) mass is 494 g/mol. The molecule has 190 valence electrons. The topological polar surface area (TPSA) is 126 Å². The van der Waals surface area contributed by atoms with Gasteiger partial charge in [-0.3, -0.25) is 19.3 Å². The van der Waals surface area contributed by atoms with Crippen LogP contribution in [0.4, 0.5) is 16.2 Å². The van der Waals surface area contributed by atoms with Crippen molar-refractivity contribution < 1.29 is 28.7 Å². The fourth-order valence-corrected chi connectivity index (χ4v) is 4.85. The number of nitrogens with zero attached hydrogens (tertiary/aromatic N) is 1. The minimum atomic E-state index is -0.935. The van der Waals surface area contributed by atoms with Crippen LogP contribution in [0.25, 0.3) is 0 Å². The zero-order valence-corrected chi connectivity index (χ0v) is 20.6. The largest absolute Gasteiger partial charge is 0.494 e. The Morgan fingerprint density at radius 1 is 1.03 bits per heavy atom. The van der Waals surface area contributed by atoms with Crippen molar-refractivity contribution >= 4 is 35.1 Å². The molecule has 1 heterocycles. The predicted octanol–water partition coefficient (Wildman–Crippen LogP) is 3.40. The van der Waals surface area contributed by atoms with Gasteiger partial charge in [0.1, 0.15) is 23.6 Å². The number of rotatable bonds is 7. The first kappa shape index (κ1) is 25.0. The first-order chi connectivity index (χ1) is 17.3. The van der Waals surface area contributed by atoms with Crippen molar-refractivity contribution in [3.8, 4) is 11.5 Å². The summed E-state index contributed by atoms with van der Waals surface area (Å²) in [7, 11) is 2.86. The molecule has 5 amide bonds. The van der Waals surface area contributed by atoms with Gasteiger partial charge in [-0.1, -0.05) is 38.0 Å². The molecular formula is C26H30N4O6. The molecule has 0 radical (unpaired) electrons. The van der Waals surface area contributed by atoms with Crippen molar-refractivity contribution in [3.63, 3.8) is 0 Å². The van der Waals surface area contributed by atoms with E-state index in [1.54, 1.807) is 24.3 Å². The van der Waals surface area contributed by atoms with Gasteiger partial charge in [-0.05, 0) is 30.9 Å². The van der Waals surface area contributed by atoms with E-state index in [9.17, 15) is 19.2 Å². The van der Waals surface area contributed by atoms with Gasteiger partial charge in [0.05, 0.1) is 25.6 Å². The highest BCUT2D eigenvalue weighted by atomic mass is 16.5. The zero-order chi connectivity index (χ0) is 25.9. The van der Waals surface area contributed by atoms with E-state index < -0.39 is 24.0 Å². The molecule has 10 nitrogen and oxygen atoms in total. The quantitative estimate of drug-likeness (QED) is 0.507. The number of hydrogen-bond donors (Lipinski definition) is 3. The van der Waals surface area contributed by atoms with Crippen molar-refractivity contribution in [1.82, 2.24) is 10.2 Å². The maximum absolute atomic E-state index is 13.2. The van der Waals surface area contributed by atoms with E-state index in [4.69, 9.17) is 9.47 Å². The van der Waals surface area contributed by atoms with E-state index in [0.29, 0.717) is 23.4 Å². The van der Waals surface area contributed by atoms with Gasteiger partial charge in [-0.2, -0.15) is 0 Å². The molecule has 2 atom stereocenters. The maximum Gasteiger partial charge on any atom is 0.325 e. The smallest absolute Gasteiger partial charge is 0.325 e. The molecule has 1 aliphatic carbocycles. The van der Waals surface area contributed by atoms with E-state index in [1.807, 2.05) is 13.0 Å². The summed E-state index contributed by atoms with van der Waals surface area (Å²) < 4.78 is 10.8. The SMILES string of the molecule is COc1cc(NC(=O)c2ccccc2)c(OC)cc1NC(=O)CN1C(=O)N[C@]2(CCCC[C@@H]2C)C1=O. The summed E-state index contributed by atoms with van der Waals surface area (Å²) in [5.41, 5.74) is 0.151. The van der Waals surface area contributed by atoms with Gasteiger partial charge in [0.25, 0.3) is 11.8 Å². The number of anilines is 2. The maximum atomic E-state index is 13.2. The van der Waals surface area contributed by atoms with Gasteiger partial charge < -0.3 is 25.4 Å². The summed E-state index contributed by atoms with van der Waals surface area (Å²) in [5.74, 6) is -0.711. The molecule has 2 aromatic rings. The fourth-order valence-electron chi connectivity index (χ4n) is 4.85. The summed E-state index contributed by atoms with van der Waals surface area (Å²) in [6.07, 6.45) is 3.27. The third-order valence-electron chi connectivity index (χ3n) is 6.88. The van der Waals surface area contributed by atoms with E-state index in [-0.39, 0.29) is 29.2 Å². The highest BCUT2D eigenvalue weighted by Gasteiger charge is 2.55. The van der Waals surface area contributed by atoms with Crippen molar-refractivity contribution in [1.29, 1.82) is 0 Å². The number of nitrogens with one attached hydrogen (secondary N) is 3. The summed E-state index contributed by atoms with van der Waals surface area (Å²) >= 11 is 0. The number of carbonyl (C=O) groups excluding carboxylic acids is 4. The summed E-state index contributed by atoms with van der Waals surface area (Å²) in [4.78, 5) is 52.2. The molecule has 1 aliphatic heterocycles. The number of benzene rings is 2. The Labute approximate surface area is 209 Å². The molecule has 2 aliphatic rings. The third kappa shape index (κ3) is 4.71. The van der Waals surface area contributed by atoms with Gasteiger partial charge in [-0.15, -0.1) is 0 Å². The van der Waals surface area contributed by atoms with E-state index in [2.05, 4.69) is 16.0 Å². The molecule has 0 bridgehead atoms. The molecule has 3 N–H and O–H groups in total. The molecule has 1 spiro atoms. The number of carbonyl (C=O) groups is 4. The lowest BCUT2D eigenvalue weighted by Crippen LogP contribution is -2.54. The highest BCUT2D eigenvalue weighted by molar-refractivity contribution is 6.10. The lowest BCUT2D eigenvalue weighted by Gasteiger charge is -2.36. The Kier molecular flexibility index (Phi) is 7.14. The molecule has 10 heteroatoms. The van der Waals surface area contributed by atoms with Crippen LogP contribution >= 0.6 is 0 Å². The Hall–Kier alpha value is -4.08. The molecule has 4 rings (SSSR count). The second-order valence-corrected chi connectivity index (χ2v) is 9.06. The van der Waals surface area contributed by atoms with Crippen LogP contribution in [0.3, 0.4) is 0 Å². The lowest BCUT2D eigenvalue weighted by molar-refractivity contribution is -0.136. The van der Waals surface area contributed by atoms with Gasteiger partial charge in [0.2, 0.25) is 5.91 Å². The average Bonchev–Trinajstić information content (AvgIpc) is 3.11. The zero-order valence-electron chi connectivity index (χ0n) is 20.6. The second-order valence-electron chi connectivity index (χ2n) is 9.06. The van der Waals surface area contributed by atoms with Crippen LogP contribution in [0, 0.1) is 5.92 Å². The van der Waals surface area contributed by atoms with E-state index in [0.717, 1.165) is 24.2 Å². The molecule has 2 fully saturated rings. The molecule has 36 heavy (non-hydrogen) atoms. The van der Waals surface area contributed by atoms with Crippen LogP contribution in [0.15, 0.2) is 42.5 Å². The Morgan fingerprint density at radius 2 is 1.67 bits per heavy atom. The third-order valence-corrected chi connectivity index (χ3v) is 6.88. The molecular weight excluding hydrogens is 464 g/mol. The van der Waals surface area contributed by atoms with Crippen LogP contribution in [-0.2, 0) is 9.59 Å². The summed E-state index contributed by atoms with van der Waals surface area (Å²) in [6, 6.07) is 11.2. The van der Waals surface area contributed by atoms with Gasteiger partial charge in [-0.25, -0.2) is 4.79 Å². The molecule has 1 saturated heterocycles. The minimum absolute atomic E-state index is 0.00115. The number of amides is 5. The minimum Gasteiger partial charge on any atom is -0.494 e. The van der Waals surface area contributed by atoms with Crippen molar-refractivity contribution in [2.45, 2.75) is 38.1 Å². The summed E-state index contributed by atoms with van der Waals surface area (Å²) in [6.45, 7) is 1.52. The van der Waals surface area contributed by atoms with Crippen molar-refractivity contribution in [3.05, 3.63) is 48.0 Å². The molecule has 2 aromatic carbocycles. The number of ether oxygens (including phenoxy) is 2. The van der Waals surface area contributed by atoms with Crippen LogP contribution < -0.4 is 25.4 Å². The first-order valence-corrected chi connectivity index (χ1v) is 11.9. The number of hydrogen-bond acceptors (Lipinski definition) is 6. The van der Waals surface area contributed by atoms with Crippen molar-refractivity contribution in [2.75, 3.05) is 31.4 Å². The second kappa shape index (κ2) is 10.3. The molecule has 0 aromatic heterocycles. The fraction of sp³-hybridized carbons (Fsp3) is 0.385. The predicted molar refractivity (Wildman–Crippen MR) is 133 cm³/mol. The summed E-state index contributed by atoms with van der Waals surface area (Å²) in [5, 5.41) is 8.31. The van der Waals surface area contributed by atoms with Gasteiger partial charge in [0.15, 0.2) is 0 Å². The van der Waals surface area contributed by atoms with Crippen molar-refractivity contribution in [2.24, 2.45) is 5.92 Å². The number of methoxy groups -OCH3 is 2. The lowest BCUT2D eigenvalue weighted by atomic mass is 9.73. The van der Waals surface area contributed by atoms with E-state index >= 15 is 0 Å². The Bertz CT molecular complexity index is 1180. The first-order valence-electron chi connectivity index (χ1n) is 11.9. The van der Waals surface area contributed by atoms with E-state index in [1.165, 1.54) is 26.4 Å². The van der Waals surface area contributed by atoms with Gasteiger partial charge >= 0.3 is 6.03 Å². The molecule has 0 unspecified atom stereocenters. The van der Waals surface area contributed by atoms with Crippen LogP contribution in [0.5, 0.6) is 11.5 Å². The highest BCUT2D eigenvalue weighted by Crippen LogP contribution is 2.39. The number of urea groups is 1. The average molecular weight is 495 g/mol. The Morgan fingerprint density at radius 3 is 2.28 bits per heavy atom. The Balaban J connectivity index is 1.49. The normalized spacial score (nSPS) is 21.2. The number of imide groups is 1. The standard InChI is InChI=1S/C26H30N4O6/c1-16-9-7-8-12-26(16)24(33)30(25(34)29-26)15-22(31)27-18-13-21(36-3)19(14-20(18)35-2)28-23(32)17-10-5-4-6-11-17/h4-6,10-11,13-14,16H,7-9,12,15H2,1-3H3,(H,27,31)(H,28,32)(H,29,34)/t16-,26-/m0/s1. The van der Waals surface area contributed by atoms with Crippen LogP contribution in [0.2, 0.25) is 0 Å². The van der Waals surface area contributed by atoms with Gasteiger partial charge in [0, 0.05) is 17.7 Å². The van der Waals surface area contributed by atoms with Crippen LogP contribution in [0.1, 0.15) is 43.0 Å². The molecule has 1 saturated carbocycles.